The lowest BCUT2D eigenvalue weighted by atomic mass is 10.2. The smallest absolute Gasteiger partial charge is 0.312 e. The first-order chi connectivity index (χ1) is 3.55. The molecule has 4 heteroatoms. The molecule has 0 aliphatic carbocycles. The Labute approximate surface area is 58.3 Å². The summed E-state index contributed by atoms with van der Waals surface area (Å²) in [6, 6.07) is 0. The predicted molar refractivity (Wildman–Crippen MR) is 38.4 cm³/mol. The van der Waals surface area contributed by atoms with Gasteiger partial charge < -0.3 is 5.11 Å². The monoisotopic (exact) mass is 150 g/mol. The molecule has 1 atom stereocenters. The minimum atomic E-state index is -0.926. The van der Waals surface area contributed by atoms with Crippen molar-refractivity contribution < 1.29 is 9.90 Å². The number of carbonyl (C=O) groups is 1. The summed E-state index contributed by atoms with van der Waals surface area (Å²) in [4.78, 5) is 10.0. The van der Waals surface area contributed by atoms with E-state index in [1.165, 1.54) is 6.92 Å². The first-order valence-corrected chi connectivity index (χ1v) is 2.87. The van der Waals surface area contributed by atoms with Gasteiger partial charge >= 0.3 is 5.97 Å². The minimum absolute atomic E-state index is 0.220. The second-order valence-electron chi connectivity index (χ2n) is 1.40. The molecule has 0 aromatic rings. The lowest BCUT2D eigenvalue weighted by Crippen LogP contribution is -2.14. The van der Waals surface area contributed by atoms with E-state index < -0.39 is 11.9 Å². The highest BCUT2D eigenvalue weighted by molar-refractivity contribution is 8.11. The molecule has 0 aromatic heterocycles. The molecule has 0 heterocycles. The highest BCUT2D eigenvalue weighted by Gasteiger charge is 2.12. The summed E-state index contributed by atoms with van der Waals surface area (Å²) >= 11 is 8.16. The van der Waals surface area contributed by atoms with Crippen LogP contribution in [0.2, 0.25) is 0 Å². The molecule has 0 aliphatic rings. The van der Waals surface area contributed by atoms with Gasteiger partial charge in [-0.25, -0.2) is 0 Å². The summed E-state index contributed by atoms with van der Waals surface area (Å²) in [6.45, 7) is 1.50. The number of hydrogen-bond acceptors (Lipinski definition) is 2. The van der Waals surface area contributed by atoms with Gasteiger partial charge in [0.2, 0.25) is 0 Å². The largest absolute Gasteiger partial charge is 0.481 e. The van der Waals surface area contributed by atoms with E-state index >= 15 is 0 Å². The van der Waals surface area contributed by atoms with E-state index in [0.29, 0.717) is 0 Å². The maximum atomic E-state index is 10.0. The first kappa shape index (κ1) is 7.91. The number of carboxylic acid groups (broad SMARTS) is 1. The topological polar surface area (TPSA) is 37.3 Å². The van der Waals surface area contributed by atoms with Crippen molar-refractivity contribution in [3.05, 3.63) is 0 Å². The summed E-state index contributed by atoms with van der Waals surface area (Å²) in [5, 5.41) is 8.22. The molecule has 0 spiro atoms. The average Bonchev–Trinajstić information content (AvgIpc) is 1.64. The van der Waals surface area contributed by atoms with E-state index in [9.17, 15) is 4.79 Å². The summed E-state index contributed by atoms with van der Waals surface area (Å²) in [5.41, 5.74) is 0. The summed E-state index contributed by atoms with van der Waals surface area (Å²) in [6.07, 6.45) is 0. The summed E-state index contributed by atoms with van der Waals surface area (Å²) in [5.74, 6) is -1.54. The van der Waals surface area contributed by atoms with E-state index in [-0.39, 0.29) is 4.20 Å². The van der Waals surface area contributed by atoms with Crippen LogP contribution in [0.3, 0.4) is 0 Å². The Balaban J connectivity index is 3.83. The standard InChI is InChI=1S/C4H6O2S2/c1-2(3(5)6)4(7)8/h2H,1H3,(H,5,6)(H,7,8). The van der Waals surface area contributed by atoms with E-state index in [2.05, 4.69) is 24.8 Å². The van der Waals surface area contributed by atoms with Crippen LogP contribution in [0.4, 0.5) is 0 Å². The quantitative estimate of drug-likeness (QED) is 0.455. The van der Waals surface area contributed by atoms with E-state index in [1.54, 1.807) is 0 Å². The third-order valence-corrected chi connectivity index (χ3v) is 1.48. The Hall–Kier alpha value is -0.0900. The normalized spacial score (nSPS) is 12.8. The van der Waals surface area contributed by atoms with Gasteiger partial charge in [-0.05, 0) is 6.92 Å². The highest BCUT2D eigenvalue weighted by Crippen LogP contribution is 2.01. The average molecular weight is 150 g/mol. The molecule has 0 fully saturated rings. The number of hydrogen-bond donors (Lipinski definition) is 2. The molecule has 46 valence electrons. The van der Waals surface area contributed by atoms with Crippen molar-refractivity contribution in [3.8, 4) is 0 Å². The zero-order valence-corrected chi connectivity index (χ0v) is 6.00. The third-order valence-electron chi connectivity index (χ3n) is 0.741. The van der Waals surface area contributed by atoms with Crippen molar-refractivity contribution in [1.82, 2.24) is 0 Å². The van der Waals surface area contributed by atoms with Crippen LogP contribution < -0.4 is 0 Å². The Morgan fingerprint density at radius 3 is 2.25 bits per heavy atom. The maximum absolute atomic E-state index is 10.0. The van der Waals surface area contributed by atoms with Gasteiger partial charge in [0.25, 0.3) is 0 Å². The van der Waals surface area contributed by atoms with Gasteiger partial charge in [-0.3, -0.25) is 4.79 Å². The number of thiol groups is 1. The first-order valence-electron chi connectivity index (χ1n) is 2.01. The molecule has 0 amide bonds. The molecule has 1 unspecified atom stereocenters. The molecule has 0 saturated carbocycles. The van der Waals surface area contributed by atoms with Crippen LogP contribution in [0.5, 0.6) is 0 Å². The number of rotatable bonds is 2. The second kappa shape index (κ2) is 3.04. The van der Waals surface area contributed by atoms with Gasteiger partial charge in [0.05, 0.1) is 10.1 Å². The molecule has 2 nitrogen and oxygen atoms in total. The van der Waals surface area contributed by atoms with Crippen molar-refractivity contribution in [2.24, 2.45) is 5.92 Å². The highest BCUT2D eigenvalue weighted by atomic mass is 32.1. The van der Waals surface area contributed by atoms with Crippen LogP contribution >= 0.6 is 24.8 Å². The number of thiocarbonyl (C=S) groups is 1. The van der Waals surface area contributed by atoms with Gasteiger partial charge in [-0.15, -0.1) is 12.6 Å². The van der Waals surface area contributed by atoms with Gasteiger partial charge in [0.15, 0.2) is 0 Å². The molecule has 0 radical (unpaired) electrons. The van der Waals surface area contributed by atoms with Crippen LogP contribution in [-0.4, -0.2) is 15.3 Å². The van der Waals surface area contributed by atoms with Gasteiger partial charge in [0, 0.05) is 0 Å². The molecular formula is C4H6O2S2. The summed E-state index contributed by atoms with van der Waals surface area (Å²) in [7, 11) is 0. The Morgan fingerprint density at radius 2 is 2.25 bits per heavy atom. The van der Waals surface area contributed by atoms with Crippen molar-refractivity contribution in [3.63, 3.8) is 0 Å². The number of carboxylic acids is 1. The van der Waals surface area contributed by atoms with Crippen LogP contribution in [0, 0.1) is 5.92 Å². The Kier molecular flexibility index (Phi) is 3.01. The molecule has 8 heavy (non-hydrogen) atoms. The fourth-order valence-electron chi connectivity index (χ4n) is 0.106. The second-order valence-corrected chi connectivity index (χ2v) is 2.62. The van der Waals surface area contributed by atoms with Crippen LogP contribution in [0.1, 0.15) is 6.92 Å². The predicted octanol–water partition coefficient (Wildman–Crippen LogP) is 0.964. The molecule has 1 N–H and O–H groups in total. The molecule has 0 bridgehead atoms. The van der Waals surface area contributed by atoms with Crippen molar-refractivity contribution >= 4 is 35.0 Å². The van der Waals surface area contributed by atoms with Gasteiger partial charge in [-0.2, -0.15) is 0 Å². The molecule has 0 rings (SSSR count). The van der Waals surface area contributed by atoms with E-state index in [4.69, 9.17) is 5.11 Å². The Morgan fingerprint density at radius 1 is 1.88 bits per heavy atom. The van der Waals surface area contributed by atoms with Gasteiger partial charge in [-0.1, -0.05) is 12.2 Å². The van der Waals surface area contributed by atoms with Crippen molar-refractivity contribution in [2.45, 2.75) is 6.92 Å². The molecule has 0 aliphatic heterocycles. The molecular weight excluding hydrogens is 144 g/mol. The van der Waals surface area contributed by atoms with Crippen LogP contribution in [0.15, 0.2) is 0 Å². The van der Waals surface area contributed by atoms with Crippen molar-refractivity contribution in [2.75, 3.05) is 0 Å². The molecule has 0 aromatic carbocycles. The van der Waals surface area contributed by atoms with E-state index in [1.807, 2.05) is 0 Å². The summed E-state index contributed by atoms with van der Waals surface area (Å²) < 4.78 is 0.220. The third kappa shape index (κ3) is 2.28. The molecule has 0 saturated heterocycles. The van der Waals surface area contributed by atoms with Gasteiger partial charge in [0.1, 0.15) is 0 Å². The van der Waals surface area contributed by atoms with Crippen molar-refractivity contribution in [1.29, 1.82) is 0 Å². The zero-order chi connectivity index (χ0) is 6.73. The lowest BCUT2D eigenvalue weighted by molar-refractivity contribution is -0.138. The maximum Gasteiger partial charge on any atom is 0.312 e. The zero-order valence-electron chi connectivity index (χ0n) is 4.29. The van der Waals surface area contributed by atoms with Crippen LogP contribution in [0.25, 0.3) is 0 Å². The fraction of sp³-hybridized carbons (Fsp3) is 0.500. The Bertz CT molecular complexity index is 107. The SMILES string of the molecule is CC(C(=O)O)C(=S)S. The minimum Gasteiger partial charge on any atom is -0.481 e. The fourth-order valence-corrected chi connectivity index (χ4v) is 0.317. The van der Waals surface area contributed by atoms with E-state index in [0.717, 1.165) is 0 Å². The van der Waals surface area contributed by atoms with Crippen LogP contribution in [-0.2, 0) is 4.79 Å². The lowest BCUT2D eigenvalue weighted by Gasteiger charge is -1.98. The number of aliphatic carboxylic acids is 1.